The summed E-state index contributed by atoms with van der Waals surface area (Å²) in [7, 11) is 0. The Morgan fingerprint density at radius 3 is 2.50 bits per heavy atom. The maximum atomic E-state index is 6.20. The fraction of sp³-hybridized carbons (Fsp3) is 1.00. The van der Waals surface area contributed by atoms with Crippen LogP contribution in [0.2, 0.25) is 0 Å². The van der Waals surface area contributed by atoms with Crippen molar-refractivity contribution in [3.05, 3.63) is 0 Å². The average molecular weight is 254 g/mol. The van der Waals surface area contributed by atoms with Crippen molar-refractivity contribution in [2.24, 2.45) is 0 Å². The minimum Gasteiger partial charge on any atom is -0.347 e. The van der Waals surface area contributed by atoms with Crippen LogP contribution in [0, 0.1) is 0 Å². The van der Waals surface area contributed by atoms with E-state index in [-0.39, 0.29) is 11.9 Å². The van der Waals surface area contributed by atoms with Crippen LogP contribution in [0.4, 0.5) is 0 Å². The summed E-state index contributed by atoms with van der Waals surface area (Å²) in [5.41, 5.74) is 0. The van der Waals surface area contributed by atoms with E-state index in [2.05, 4.69) is 24.1 Å². The van der Waals surface area contributed by atoms with Gasteiger partial charge in [-0.25, -0.2) is 0 Å². The Bertz CT molecular complexity index is 282. The second kappa shape index (κ2) is 5.08. The Labute approximate surface area is 110 Å². The van der Waals surface area contributed by atoms with Crippen molar-refractivity contribution >= 4 is 0 Å². The largest absolute Gasteiger partial charge is 0.347 e. The summed E-state index contributed by atoms with van der Waals surface area (Å²) in [5, 5.41) is 3.57. The third kappa shape index (κ3) is 2.72. The monoisotopic (exact) mass is 254 g/mol. The molecule has 3 fully saturated rings. The van der Waals surface area contributed by atoms with E-state index in [9.17, 15) is 0 Å². The van der Waals surface area contributed by atoms with Crippen LogP contribution in [-0.2, 0) is 9.47 Å². The number of hydrogen-bond donors (Lipinski definition) is 1. The second-order valence-electron chi connectivity index (χ2n) is 6.36. The SMILES string of the molecule is CC1CN(CC2COC3(CCCC3)O2)CC(C)N1. The smallest absolute Gasteiger partial charge is 0.168 e. The Balaban J connectivity index is 1.51. The number of ether oxygens (including phenoxy) is 2. The minimum absolute atomic E-state index is 0.198. The van der Waals surface area contributed by atoms with Gasteiger partial charge in [0.25, 0.3) is 0 Å². The summed E-state index contributed by atoms with van der Waals surface area (Å²) in [6.45, 7) is 8.57. The highest BCUT2D eigenvalue weighted by Gasteiger charge is 2.44. The van der Waals surface area contributed by atoms with E-state index >= 15 is 0 Å². The molecule has 3 unspecified atom stereocenters. The first-order valence-corrected chi connectivity index (χ1v) is 7.45. The Morgan fingerprint density at radius 2 is 1.83 bits per heavy atom. The molecule has 0 bridgehead atoms. The number of nitrogens with zero attached hydrogens (tertiary/aromatic N) is 1. The van der Waals surface area contributed by atoms with Gasteiger partial charge < -0.3 is 14.8 Å². The van der Waals surface area contributed by atoms with Crippen LogP contribution in [0.25, 0.3) is 0 Å². The van der Waals surface area contributed by atoms with Gasteiger partial charge in [0.2, 0.25) is 0 Å². The molecule has 104 valence electrons. The van der Waals surface area contributed by atoms with Crippen molar-refractivity contribution < 1.29 is 9.47 Å². The van der Waals surface area contributed by atoms with E-state index in [1.165, 1.54) is 12.8 Å². The van der Waals surface area contributed by atoms with Gasteiger partial charge in [-0.2, -0.15) is 0 Å². The van der Waals surface area contributed by atoms with Gasteiger partial charge in [-0.3, -0.25) is 4.90 Å². The van der Waals surface area contributed by atoms with Crippen molar-refractivity contribution in [1.29, 1.82) is 0 Å². The molecule has 2 saturated heterocycles. The molecular weight excluding hydrogens is 228 g/mol. The van der Waals surface area contributed by atoms with Gasteiger partial charge in [-0.05, 0) is 26.7 Å². The summed E-state index contributed by atoms with van der Waals surface area (Å²) in [5.74, 6) is -0.198. The fourth-order valence-electron chi connectivity index (χ4n) is 3.76. The summed E-state index contributed by atoms with van der Waals surface area (Å²) >= 11 is 0. The van der Waals surface area contributed by atoms with Crippen molar-refractivity contribution in [3.63, 3.8) is 0 Å². The number of hydrogen-bond acceptors (Lipinski definition) is 4. The van der Waals surface area contributed by atoms with E-state index < -0.39 is 0 Å². The van der Waals surface area contributed by atoms with Gasteiger partial charge >= 0.3 is 0 Å². The topological polar surface area (TPSA) is 33.7 Å². The third-order valence-electron chi connectivity index (χ3n) is 4.37. The van der Waals surface area contributed by atoms with Gasteiger partial charge in [0.05, 0.1) is 12.7 Å². The van der Waals surface area contributed by atoms with Crippen LogP contribution < -0.4 is 5.32 Å². The second-order valence-corrected chi connectivity index (χ2v) is 6.36. The van der Waals surface area contributed by atoms with E-state index in [4.69, 9.17) is 9.47 Å². The molecule has 3 atom stereocenters. The van der Waals surface area contributed by atoms with E-state index in [1.54, 1.807) is 0 Å². The zero-order chi connectivity index (χ0) is 12.6. The first-order chi connectivity index (χ1) is 8.65. The normalized spacial score (nSPS) is 40.7. The molecule has 1 spiro atoms. The van der Waals surface area contributed by atoms with Crippen LogP contribution in [0.5, 0.6) is 0 Å². The van der Waals surface area contributed by atoms with Crippen molar-refractivity contribution in [1.82, 2.24) is 10.2 Å². The Morgan fingerprint density at radius 1 is 1.17 bits per heavy atom. The maximum absolute atomic E-state index is 6.20. The molecule has 0 aromatic rings. The Hall–Kier alpha value is -0.160. The predicted octanol–water partition coefficient (Wildman–Crippen LogP) is 1.35. The highest BCUT2D eigenvalue weighted by Crippen LogP contribution is 2.39. The van der Waals surface area contributed by atoms with E-state index in [0.717, 1.165) is 39.1 Å². The zero-order valence-electron chi connectivity index (χ0n) is 11.7. The highest BCUT2D eigenvalue weighted by atomic mass is 16.7. The van der Waals surface area contributed by atoms with Gasteiger partial charge in [-0.1, -0.05) is 0 Å². The lowest BCUT2D eigenvalue weighted by Crippen LogP contribution is -2.55. The standard InChI is InChI=1S/C14H26N2O2/c1-11-7-16(8-12(2)15-11)9-13-10-17-14(18-13)5-3-4-6-14/h11-13,15H,3-10H2,1-2H3. The van der Waals surface area contributed by atoms with Crippen LogP contribution in [0.3, 0.4) is 0 Å². The van der Waals surface area contributed by atoms with Crippen LogP contribution >= 0.6 is 0 Å². The molecule has 0 aromatic heterocycles. The van der Waals surface area contributed by atoms with Crippen LogP contribution in [0.15, 0.2) is 0 Å². The molecular formula is C14H26N2O2. The zero-order valence-corrected chi connectivity index (χ0v) is 11.7. The summed E-state index contributed by atoms with van der Waals surface area (Å²) in [6.07, 6.45) is 4.99. The van der Waals surface area contributed by atoms with Gasteiger partial charge in [-0.15, -0.1) is 0 Å². The Kier molecular flexibility index (Phi) is 3.63. The maximum Gasteiger partial charge on any atom is 0.168 e. The highest BCUT2D eigenvalue weighted by molar-refractivity contribution is 4.87. The van der Waals surface area contributed by atoms with Crippen LogP contribution in [-0.4, -0.2) is 55.1 Å². The summed E-state index contributed by atoms with van der Waals surface area (Å²) < 4.78 is 12.1. The first kappa shape index (κ1) is 12.9. The van der Waals surface area contributed by atoms with Gasteiger partial charge in [0.1, 0.15) is 0 Å². The molecule has 1 N–H and O–H groups in total. The minimum atomic E-state index is -0.198. The molecule has 2 heterocycles. The molecule has 2 aliphatic heterocycles. The molecule has 4 nitrogen and oxygen atoms in total. The average Bonchev–Trinajstić information content (AvgIpc) is 2.89. The fourth-order valence-corrected chi connectivity index (χ4v) is 3.76. The number of rotatable bonds is 2. The molecule has 3 aliphatic rings. The molecule has 18 heavy (non-hydrogen) atoms. The first-order valence-electron chi connectivity index (χ1n) is 7.45. The van der Waals surface area contributed by atoms with Crippen molar-refractivity contribution in [2.45, 2.75) is 63.5 Å². The lowest BCUT2D eigenvalue weighted by atomic mass is 10.1. The molecule has 3 rings (SSSR count). The molecule has 0 radical (unpaired) electrons. The predicted molar refractivity (Wildman–Crippen MR) is 70.5 cm³/mol. The molecule has 1 aliphatic carbocycles. The third-order valence-corrected chi connectivity index (χ3v) is 4.37. The molecule has 1 saturated carbocycles. The van der Waals surface area contributed by atoms with E-state index in [1.807, 2.05) is 0 Å². The van der Waals surface area contributed by atoms with Crippen molar-refractivity contribution in [3.8, 4) is 0 Å². The lowest BCUT2D eigenvalue weighted by Gasteiger charge is -2.37. The molecule has 0 amide bonds. The van der Waals surface area contributed by atoms with E-state index in [0.29, 0.717) is 12.1 Å². The number of piperazine rings is 1. The quantitative estimate of drug-likeness (QED) is 0.806. The summed E-state index contributed by atoms with van der Waals surface area (Å²) in [6, 6.07) is 1.16. The van der Waals surface area contributed by atoms with Gasteiger partial charge in [0.15, 0.2) is 5.79 Å². The molecule has 4 heteroatoms. The molecule has 0 aromatic carbocycles. The van der Waals surface area contributed by atoms with Crippen LogP contribution in [0.1, 0.15) is 39.5 Å². The van der Waals surface area contributed by atoms with Gasteiger partial charge in [0, 0.05) is 44.6 Å². The summed E-state index contributed by atoms with van der Waals surface area (Å²) in [4.78, 5) is 2.52. The number of nitrogens with one attached hydrogen (secondary N) is 1. The van der Waals surface area contributed by atoms with Crippen molar-refractivity contribution in [2.75, 3.05) is 26.2 Å². The lowest BCUT2D eigenvalue weighted by molar-refractivity contribution is -0.163.